The third-order valence-corrected chi connectivity index (χ3v) is 4.12. The summed E-state index contributed by atoms with van der Waals surface area (Å²) in [4.78, 5) is 0. The summed E-state index contributed by atoms with van der Waals surface area (Å²) in [5.41, 5.74) is 3.98. The van der Waals surface area contributed by atoms with Crippen LogP contribution in [-0.4, -0.2) is 26.1 Å². The lowest BCUT2D eigenvalue weighted by Gasteiger charge is -2.11. The lowest BCUT2D eigenvalue weighted by Crippen LogP contribution is -2.20. The molecule has 0 atom stereocenters. The number of hydrogen-bond donors (Lipinski definition) is 1. The summed E-state index contributed by atoms with van der Waals surface area (Å²) >= 11 is 6.28. The van der Waals surface area contributed by atoms with Crippen LogP contribution in [0.5, 0.6) is 0 Å². The van der Waals surface area contributed by atoms with Crippen molar-refractivity contribution in [3.05, 3.63) is 27.7 Å². The zero-order valence-corrected chi connectivity index (χ0v) is 14.4. The van der Waals surface area contributed by atoms with Crippen LogP contribution in [0.4, 0.5) is 0 Å². The third kappa shape index (κ3) is 3.14. The van der Waals surface area contributed by atoms with Gasteiger partial charge in [-0.15, -0.1) is 0 Å². The van der Waals surface area contributed by atoms with Crippen LogP contribution in [0.15, 0.2) is 0 Å². The van der Waals surface area contributed by atoms with E-state index in [4.69, 9.17) is 11.6 Å². The SMILES string of the molecule is Cc1nn(-c2c(CNCC(C)C)c(C)nn2C)c(C)c1Cl. The van der Waals surface area contributed by atoms with Gasteiger partial charge in [0.05, 0.1) is 22.1 Å². The lowest BCUT2D eigenvalue weighted by atomic mass is 10.2. The minimum atomic E-state index is 0.619. The average Bonchev–Trinajstić information content (AvgIpc) is 2.81. The van der Waals surface area contributed by atoms with Gasteiger partial charge in [-0.05, 0) is 33.2 Å². The molecule has 0 aliphatic rings. The summed E-state index contributed by atoms with van der Waals surface area (Å²) in [6.45, 7) is 12.1. The highest BCUT2D eigenvalue weighted by Crippen LogP contribution is 2.25. The average molecular weight is 310 g/mol. The fourth-order valence-corrected chi connectivity index (χ4v) is 2.60. The molecular weight excluding hydrogens is 286 g/mol. The molecule has 2 aromatic rings. The second-order valence-electron chi connectivity index (χ2n) is 5.93. The van der Waals surface area contributed by atoms with Crippen molar-refractivity contribution in [3.63, 3.8) is 0 Å². The maximum Gasteiger partial charge on any atom is 0.156 e. The minimum Gasteiger partial charge on any atom is -0.312 e. The quantitative estimate of drug-likeness (QED) is 0.924. The molecule has 1 N–H and O–H groups in total. The molecule has 0 amide bonds. The van der Waals surface area contributed by atoms with E-state index in [0.29, 0.717) is 5.92 Å². The molecule has 0 aromatic carbocycles. The molecule has 2 rings (SSSR count). The molecule has 0 unspecified atom stereocenters. The Morgan fingerprint density at radius 3 is 2.33 bits per heavy atom. The van der Waals surface area contributed by atoms with E-state index in [0.717, 1.165) is 41.0 Å². The van der Waals surface area contributed by atoms with E-state index in [1.54, 1.807) is 0 Å². The van der Waals surface area contributed by atoms with Gasteiger partial charge in [0, 0.05) is 19.2 Å². The van der Waals surface area contributed by atoms with Crippen LogP contribution in [0.2, 0.25) is 5.02 Å². The molecule has 6 heteroatoms. The number of aryl methyl sites for hydroxylation is 3. The van der Waals surface area contributed by atoms with Gasteiger partial charge in [-0.25, -0.2) is 4.68 Å². The Morgan fingerprint density at radius 2 is 1.81 bits per heavy atom. The van der Waals surface area contributed by atoms with E-state index < -0.39 is 0 Å². The van der Waals surface area contributed by atoms with E-state index in [-0.39, 0.29) is 0 Å². The van der Waals surface area contributed by atoms with Crippen molar-refractivity contribution in [2.45, 2.75) is 41.2 Å². The highest BCUT2D eigenvalue weighted by molar-refractivity contribution is 6.31. The third-order valence-electron chi connectivity index (χ3n) is 3.57. The van der Waals surface area contributed by atoms with Crippen LogP contribution in [0.25, 0.3) is 5.82 Å². The summed E-state index contributed by atoms with van der Waals surface area (Å²) in [7, 11) is 1.94. The van der Waals surface area contributed by atoms with Crippen molar-refractivity contribution in [2.75, 3.05) is 6.54 Å². The molecule has 0 radical (unpaired) electrons. The Morgan fingerprint density at radius 1 is 1.14 bits per heavy atom. The molecule has 0 bridgehead atoms. The van der Waals surface area contributed by atoms with E-state index in [1.807, 2.05) is 37.2 Å². The highest BCUT2D eigenvalue weighted by Gasteiger charge is 2.19. The first-order chi connectivity index (χ1) is 9.82. The number of rotatable bonds is 5. The summed E-state index contributed by atoms with van der Waals surface area (Å²) in [5.74, 6) is 1.60. The predicted octanol–water partition coefficient (Wildman–Crippen LogP) is 2.93. The Kier molecular flexibility index (Phi) is 4.74. The molecule has 0 saturated carbocycles. The van der Waals surface area contributed by atoms with Crippen LogP contribution in [0.3, 0.4) is 0 Å². The molecule has 0 saturated heterocycles. The molecule has 21 heavy (non-hydrogen) atoms. The number of aromatic nitrogens is 4. The first-order valence-electron chi connectivity index (χ1n) is 7.28. The maximum absolute atomic E-state index is 6.28. The summed E-state index contributed by atoms with van der Waals surface area (Å²) in [5, 5.41) is 13.3. The van der Waals surface area contributed by atoms with Crippen molar-refractivity contribution in [1.82, 2.24) is 24.9 Å². The van der Waals surface area contributed by atoms with Crippen LogP contribution in [0.1, 0.15) is 36.5 Å². The number of halogens is 1. The standard InChI is InChI=1S/C15H24ClN5/c1-9(2)7-17-8-13-10(3)18-20(6)15(13)21-12(5)14(16)11(4)19-21/h9,17H,7-8H2,1-6H3. The number of nitrogens with zero attached hydrogens (tertiary/aromatic N) is 4. The normalized spacial score (nSPS) is 11.6. The Labute approximate surface area is 131 Å². The van der Waals surface area contributed by atoms with Crippen LogP contribution < -0.4 is 5.32 Å². The second kappa shape index (κ2) is 6.20. The molecule has 116 valence electrons. The summed E-state index contributed by atoms with van der Waals surface area (Å²) in [6, 6.07) is 0. The first kappa shape index (κ1) is 16.0. The molecule has 0 aliphatic heterocycles. The van der Waals surface area contributed by atoms with Crippen molar-refractivity contribution in [2.24, 2.45) is 13.0 Å². The van der Waals surface area contributed by atoms with Crippen LogP contribution >= 0.6 is 11.6 Å². The van der Waals surface area contributed by atoms with Crippen LogP contribution in [0, 0.1) is 26.7 Å². The van der Waals surface area contributed by atoms with Gasteiger partial charge in [-0.2, -0.15) is 10.2 Å². The van der Waals surface area contributed by atoms with Gasteiger partial charge in [0.15, 0.2) is 5.82 Å². The smallest absolute Gasteiger partial charge is 0.156 e. The number of nitrogens with one attached hydrogen (secondary N) is 1. The molecule has 2 aromatic heterocycles. The maximum atomic E-state index is 6.28. The van der Waals surface area contributed by atoms with Crippen molar-refractivity contribution < 1.29 is 0 Å². The van der Waals surface area contributed by atoms with E-state index in [2.05, 4.69) is 29.4 Å². The minimum absolute atomic E-state index is 0.619. The Hall–Kier alpha value is -1.33. The first-order valence-corrected chi connectivity index (χ1v) is 7.66. The molecule has 0 aliphatic carbocycles. The molecule has 0 fully saturated rings. The summed E-state index contributed by atoms with van der Waals surface area (Å²) < 4.78 is 3.77. The van der Waals surface area contributed by atoms with E-state index >= 15 is 0 Å². The predicted molar refractivity (Wildman–Crippen MR) is 86.1 cm³/mol. The van der Waals surface area contributed by atoms with Crippen LogP contribution in [-0.2, 0) is 13.6 Å². The van der Waals surface area contributed by atoms with E-state index in [1.165, 1.54) is 5.56 Å². The highest BCUT2D eigenvalue weighted by atomic mass is 35.5. The van der Waals surface area contributed by atoms with Gasteiger partial charge in [0.2, 0.25) is 0 Å². The van der Waals surface area contributed by atoms with E-state index in [9.17, 15) is 0 Å². The van der Waals surface area contributed by atoms with Crippen molar-refractivity contribution in [3.8, 4) is 5.82 Å². The fourth-order valence-electron chi connectivity index (χ4n) is 2.48. The van der Waals surface area contributed by atoms with Gasteiger partial charge < -0.3 is 5.32 Å². The topological polar surface area (TPSA) is 47.7 Å². The van der Waals surface area contributed by atoms with Gasteiger partial charge in [0.1, 0.15) is 0 Å². The van der Waals surface area contributed by atoms with Gasteiger partial charge in [-0.1, -0.05) is 25.4 Å². The zero-order chi connectivity index (χ0) is 15.7. The Balaban J connectivity index is 2.41. The molecule has 2 heterocycles. The lowest BCUT2D eigenvalue weighted by molar-refractivity contribution is 0.549. The number of hydrogen-bond acceptors (Lipinski definition) is 3. The van der Waals surface area contributed by atoms with Crippen molar-refractivity contribution >= 4 is 11.6 Å². The van der Waals surface area contributed by atoms with Crippen molar-refractivity contribution in [1.29, 1.82) is 0 Å². The molecule has 5 nitrogen and oxygen atoms in total. The second-order valence-corrected chi connectivity index (χ2v) is 6.31. The van der Waals surface area contributed by atoms with Gasteiger partial charge in [0.25, 0.3) is 0 Å². The summed E-state index contributed by atoms with van der Waals surface area (Å²) in [6.07, 6.45) is 0. The monoisotopic (exact) mass is 309 g/mol. The largest absolute Gasteiger partial charge is 0.312 e. The molecular formula is C15H24ClN5. The Bertz CT molecular complexity index is 639. The molecule has 0 spiro atoms. The zero-order valence-electron chi connectivity index (χ0n) is 13.7. The van der Waals surface area contributed by atoms with Gasteiger partial charge in [-0.3, -0.25) is 4.68 Å². The van der Waals surface area contributed by atoms with Gasteiger partial charge >= 0.3 is 0 Å². The fraction of sp³-hybridized carbons (Fsp3) is 0.600.